The van der Waals surface area contributed by atoms with Gasteiger partial charge in [0.05, 0.1) is 6.04 Å². The summed E-state index contributed by atoms with van der Waals surface area (Å²) in [6.07, 6.45) is 0.833. The molecule has 0 bridgehead atoms. The number of hydrogen-bond acceptors (Lipinski definition) is 9. The first-order valence-corrected chi connectivity index (χ1v) is 16.4. The van der Waals surface area contributed by atoms with Crippen LogP contribution in [0.3, 0.4) is 0 Å². The second kappa shape index (κ2) is 22.7. The third-order valence-corrected chi connectivity index (χ3v) is 7.39. The number of unbranched alkanes of at least 4 members (excludes halogenated alkanes) is 1. The number of nitrogens with one attached hydrogen (secondary N) is 4. The third-order valence-electron chi connectivity index (χ3n) is 7.39. The lowest BCUT2D eigenvalue weighted by atomic mass is 10.0. The molecule has 0 heterocycles. The van der Waals surface area contributed by atoms with E-state index in [1.165, 1.54) is 0 Å². The Kier molecular flexibility index (Phi) is 19.6. The van der Waals surface area contributed by atoms with Gasteiger partial charge in [-0.3, -0.25) is 29.0 Å². The van der Waals surface area contributed by atoms with Crippen molar-refractivity contribution >= 4 is 41.5 Å². The summed E-state index contributed by atoms with van der Waals surface area (Å²) in [5.74, 6) is -5.69. The first-order chi connectivity index (χ1) is 23.1. The lowest BCUT2D eigenvalue weighted by Crippen LogP contribution is -2.58. The fourth-order valence-corrected chi connectivity index (χ4v) is 4.82. The number of hydrogen-bond donors (Lipinski definition) is 10. The zero-order chi connectivity index (χ0) is 36.9. The molecule has 0 aliphatic heterocycles. The van der Waals surface area contributed by atoms with Crippen LogP contribution in [0.25, 0.3) is 0 Å². The van der Waals surface area contributed by atoms with E-state index in [9.17, 15) is 39.0 Å². The normalized spacial score (nSPS) is 14.0. The molecule has 1 rings (SSSR count). The molecule has 1 aromatic carbocycles. The van der Waals surface area contributed by atoms with Gasteiger partial charge in [0.25, 0.3) is 0 Å². The zero-order valence-electron chi connectivity index (χ0n) is 28.2. The Morgan fingerprint density at radius 2 is 1.24 bits per heavy atom. The maximum absolute atomic E-state index is 13.6. The Hall–Kier alpha value is -4.77. The highest BCUT2D eigenvalue weighted by Gasteiger charge is 2.32. The Morgan fingerprint density at radius 3 is 1.73 bits per heavy atom. The van der Waals surface area contributed by atoms with Gasteiger partial charge in [0.2, 0.25) is 23.6 Å². The van der Waals surface area contributed by atoms with E-state index >= 15 is 0 Å². The van der Waals surface area contributed by atoms with Gasteiger partial charge in [0, 0.05) is 13.0 Å². The molecule has 5 atom stereocenters. The van der Waals surface area contributed by atoms with Gasteiger partial charge in [-0.2, -0.15) is 0 Å². The van der Waals surface area contributed by atoms with Gasteiger partial charge in [-0.05, 0) is 69.4 Å². The number of carboxylic acid groups (broad SMARTS) is 2. The Labute approximate surface area is 286 Å². The Bertz CT molecular complexity index is 1260. The molecule has 4 amide bonds. The van der Waals surface area contributed by atoms with Gasteiger partial charge in [-0.15, -0.1) is 0 Å². The minimum Gasteiger partial charge on any atom is -0.481 e. The average Bonchev–Trinajstić information content (AvgIpc) is 3.03. The second-order valence-corrected chi connectivity index (χ2v) is 12.2. The molecular formula is C32H53N9O8. The number of nitrogens with zero attached hydrogens (tertiary/aromatic N) is 1. The molecule has 0 spiro atoms. The number of guanidine groups is 1. The standard InChI is InChI=1S/C32H53N9O8/c1-19(2)17-25(31(48)49)41-29(46)23(12-8-16-37-32(35)36)40-28(45)22(11-6-7-15-33)39-30(47)24(13-14-26(42)43)38-27(44)21(34)18-20-9-4-3-5-10-20/h3-5,9-10,19,21-25H,6-8,11-18,33-34H2,1-2H3,(H,38,44)(H,39,47)(H,40,45)(H,41,46)(H,42,43)(H,48,49)(H4,35,36,37)/t21-,22-,23-,24-,25+/m1/s1. The van der Waals surface area contributed by atoms with E-state index in [0.29, 0.717) is 19.4 Å². The minimum atomic E-state index is -1.35. The summed E-state index contributed by atoms with van der Waals surface area (Å²) >= 11 is 0. The summed E-state index contributed by atoms with van der Waals surface area (Å²) in [5, 5.41) is 29.1. The van der Waals surface area contributed by atoms with E-state index in [2.05, 4.69) is 26.3 Å². The third kappa shape index (κ3) is 17.8. The average molecular weight is 692 g/mol. The van der Waals surface area contributed by atoms with Crippen molar-refractivity contribution < 1.29 is 39.0 Å². The number of carbonyl (C=O) groups is 6. The van der Waals surface area contributed by atoms with E-state index in [-0.39, 0.29) is 56.9 Å². The quantitative estimate of drug-likeness (QED) is 0.0343. The second-order valence-electron chi connectivity index (χ2n) is 12.2. The van der Waals surface area contributed by atoms with Crippen LogP contribution in [-0.2, 0) is 35.2 Å². The van der Waals surface area contributed by atoms with Crippen molar-refractivity contribution in [2.24, 2.45) is 33.8 Å². The molecule has 0 unspecified atom stereocenters. The molecular weight excluding hydrogens is 638 g/mol. The molecule has 0 aliphatic rings. The molecule has 17 heteroatoms. The first kappa shape index (κ1) is 42.3. The number of benzene rings is 1. The molecule has 0 aromatic heterocycles. The fraction of sp³-hybridized carbons (Fsp3) is 0.594. The molecule has 0 saturated carbocycles. The smallest absolute Gasteiger partial charge is 0.326 e. The van der Waals surface area contributed by atoms with Crippen LogP contribution in [0.5, 0.6) is 0 Å². The van der Waals surface area contributed by atoms with Crippen molar-refractivity contribution in [3.63, 3.8) is 0 Å². The van der Waals surface area contributed by atoms with Crippen LogP contribution < -0.4 is 44.2 Å². The summed E-state index contributed by atoms with van der Waals surface area (Å²) in [7, 11) is 0. The Morgan fingerprint density at radius 1 is 0.735 bits per heavy atom. The highest BCUT2D eigenvalue weighted by molar-refractivity contribution is 5.95. The van der Waals surface area contributed by atoms with E-state index in [0.717, 1.165) is 5.56 Å². The minimum absolute atomic E-state index is 0.0302. The number of carboxylic acids is 2. The summed E-state index contributed by atoms with van der Waals surface area (Å²) < 4.78 is 0. The van der Waals surface area contributed by atoms with Gasteiger partial charge in [0.15, 0.2) is 5.96 Å². The summed E-state index contributed by atoms with van der Waals surface area (Å²) in [6, 6.07) is 2.90. The topological polar surface area (TPSA) is 307 Å². The van der Waals surface area contributed by atoms with Crippen molar-refractivity contribution in [3.05, 3.63) is 35.9 Å². The maximum atomic E-state index is 13.6. The van der Waals surface area contributed by atoms with Crippen LogP contribution >= 0.6 is 0 Å². The Balaban J connectivity index is 3.21. The predicted molar refractivity (Wildman–Crippen MR) is 183 cm³/mol. The molecule has 14 N–H and O–H groups in total. The number of amides is 4. The van der Waals surface area contributed by atoms with E-state index in [1.54, 1.807) is 38.1 Å². The van der Waals surface area contributed by atoms with E-state index < -0.39 is 72.2 Å². The molecule has 0 saturated heterocycles. The van der Waals surface area contributed by atoms with Gasteiger partial charge < -0.3 is 54.4 Å². The number of aliphatic imine (C=N–C) groups is 1. The van der Waals surface area contributed by atoms with Crippen molar-refractivity contribution in [2.45, 2.75) is 102 Å². The first-order valence-electron chi connectivity index (χ1n) is 16.4. The van der Waals surface area contributed by atoms with Gasteiger partial charge >= 0.3 is 11.9 Å². The summed E-state index contributed by atoms with van der Waals surface area (Å²) in [6.45, 7) is 4.04. The molecule has 0 radical (unpaired) electrons. The zero-order valence-corrected chi connectivity index (χ0v) is 28.2. The van der Waals surface area contributed by atoms with Crippen LogP contribution in [0.4, 0.5) is 0 Å². The predicted octanol–water partition coefficient (Wildman–Crippen LogP) is -1.33. The largest absolute Gasteiger partial charge is 0.481 e. The van der Waals surface area contributed by atoms with Crippen LogP contribution in [0.2, 0.25) is 0 Å². The molecule has 0 fully saturated rings. The van der Waals surface area contributed by atoms with Crippen molar-refractivity contribution in [1.29, 1.82) is 0 Å². The molecule has 274 valence electrons. The molecule has 0 aliphatic carbocycles. The van der Waals surface area contributed by atoms with Gasteiger partial charge in [-0.25, -0.2) is 4.79 Å². The monoisotopic (exact) mass is 691 g/mol. The highest BCUT2D eigenvalue weighted by Crippen LogP contribution is 2.10. The SMILES string of the molecule is CC(C)C[C@H](NC(=O)[C@@H](CCCN=C(N)N)NC(=O)[C@@H](CCCCN)NC(=O)[C@@H](CCC(=O)O)NC(=O)[C@H](N)Cc1ccccc1)C(=O)O. The van der Waals surface area contributed by atoms with Crippen molar-refractivity contribution in [1.82, 2.24) is 21.3 Å². The molecule has 49 heavy (non-hydrogen) atoms. The highest BCUT2D eigenvalue weighted by atomic mass is 16.4. The van der Waals surface area contributed by atoms with E-state index in [1.807, 2.05) is 6.07 Å². The van der Waals surface area contributed by atoms with E-state index in [4.69, 9.17) is 22.9 Å². The van der Waals surface area contributed by atoms with Crippen LogP contribution in [0.15, 0.2) is 35.3 Å². The van der Waals surface area contributed by atoms with Crippen molar-refractivity contribution in [3.8, 4) is 0 Å². The lowest BCUT2D eigenvalue weighted by molar-refractivity contribution is -0.143. The van der Waals surface area contributed by atoms with Crippen LogP contribution in [-0.4, -0.2) is 95.0 Å². The number of aliphatic carboxylic acids is 2. The maximum Gasteiger partial charge on any atom is 0.326 e. The molecule has 1 aromatic rings. The lowest BCUT2D eigenvalue weighted by Gasteiger charge is -2.26. The molecule has 17 nitrogen and oxygen atoms in total. The van der Waals surface area contributed by atoms with Gasteiger partial charge in [-0.1, -0.05) is 44.2 Å². The summed E-state index contributed by atoms with van der Waals surface area (Å²) in [5.41, 5.74) is 23.3. The van der Waals surface area contributed by atoms with Crippen LogP contribution in [0, 0.1) is 5.92 Å². The summed E-state index contributed by atoms with van der Waals surface area (Å²) in [4.78, 5) is 80.4. The number of nitrogens with two attached hydrogens (primary N) is 4. The van der Waals surface area contributed by atoms with Crippen molar-refractivity contribution in [2.75, 3.05) is 13.1 Å². The van der Waals surface area contributed by atoms with Gasteiger partial charge in [0.1, 0.15) is 24.2 Å². The fourth-order valence-electron chi connectivity index (χ4n) is 4.82. The number of rotatable bonds is 24. The number of carbonyl (C=O) groups excluding carboxylic acids is 4. The van der Waals surface area contributed by atoms with Crippen LogP contribution in [0.1, 0.15) is 70.8 Å².